The molecule has 0 radical (unpaired) electrons. The summed E-state index contributed by atoms with van der Waals surface area (Å²) < 4.78 is 0. The van der Waals surface area contributed by atoms with E-state index in [9.17, 15) is 14.4 Å². The van der Waals surface area contributed by atoms with Gasteiger partial charge in [-0.3, -0.25) is 19.4 Å². The molecule has 2 aromatic rings. The molecule has 0 bridgehead atoms. The SMILES string of the molecule is C=CCN1CCN(C(=O)C2=NNC(=O)CC2)C[C@H](Cc2ccccc2-c2cccnc2)C1=O. The number of nitrogens with one attached hydrogen (secondary N) is 1. The van der Waals surface area contributed by atoms with Crippen LogP contribution in [0.2, 0.25) is 0 Å². The second-order valence-corrected chi connectivity index (χ2v) is 8.22. The van der Waals surface area contributed by atoms with Gasteiger partial charge in [0.15, 0.2) is 0 Å². The van der Waals surface area contributed by atoms with Crippen LogP contribution in [-0.2, 0) is 20.8 Å². The number of pyridine rings is 1. The Kier molecular flexibility index (Phi) is 6.92. The Morgan fingerprint density at radius 3 is 2.73 bits per heavy atom. The van der Waals surface area contributed by atoms with Gasteiger partial charge >= 0.3 is 0 Å². The van der Waals surface area contributed by atoms with Crippen molar-refractivity contribution >= 4 is 23.4 Å². The number of hydrogen-bond acceptors (Lipinski definition) is 5. The summed E-state index contributed by atoms with van der Waals surface area (Å²) in [6.45, 7) is 5.33. The third kappa shape index (κ3) is 5.16. The lowest BCUT2D eigenvalue weighted by atomic mass is 9.91. The number of carbonyl (C=O) groups excluding carboxylic acids is 3. The predicted molar refractivity (Wildman–Crippen MR) is 125 cm³/mol. The molecule has 2 aliphatic heterocycles. The van der Waals surface area contributed by atoms with Gasteiger partial charge in [0.1, 0.15) is 5.71 Å². The summed E-state index contributed by atoms with van der Waals surface area (Å²) in [6, 6.07) is 11.9. The first-order valence-corrected chi connectivity index (χ1v) is 11.1. The molecule has 1 fully saturated rings. The smallest absolute Gasteiger partial charge is 0.270 e. The molecule has 1 atom stereocenters. The lowest BCUT2D eigenvalue weighted by Gasteiger charge is -2.25. The monoisotopic (exact) mass is 445 g/mol. The van der Waals surface area contributed by atoms with Crippen molar-refractivity contribution in [3.8, 4) is 11.1 Å². The number of carbonyl (C=O) groups is 3. The van der Waals surface area contributed by atoms with E-state index in [4.69, 9.17) is 0 Å². The van der Waals surface area contributed by atoms with Crippen LogP contribution in [-0.4, -0.2) is 64.4 Å². The maximum absolute atomic E-state index is 13.4. The molecule has 2 aliphatic rings. The lowest BCUT2D eigenvalue weighted by Crippen LogP contribution is -2.43. The quantitative estimate of drug-likeness (QED) is 0.689. The predicted octanol–water partition coefficient (Wildman–Crippen LogP) is 2.03. The number of rotatable bonds is 6. The number of hydrogen-bond donors (Lipinski definition) is 1. The van der Waals surface area contributed by atoms with Gasteiger partial charge in [0.25, 0.3) is 5.91 Å². The number of aromatic nitrogens is 1. The van der Waals surface area contributed by atoms with Gasteiger partial charge in [0.05, 0.1) is 5.92 Å². The molecule has 8 nitrogen and oxygen atoms in total. The van der Waals surface area contributed by atoms with Crippen LogP contribution in [0.4, 0.5) is 0 Å². The molecule has 1 aromatic heterocycles. The zero-order valence-corrected chi connectivity index (χ0v) is 18.4. The van der Waals surface area contributed by atoms with Crippen molar-refractivity contribution in [1.82, 2.24) is 20.2 Å². The first-order chi connectivity index (χ1) is 16.1. The molecule has 3 amide bonds. The highest BCUT2D eigenvalue weighted by Crippen LogP contribution is 2.27. The van der Waals surface area contributed by atoms with E-state index in [1.807, 2.05) is 42.6 Å². The van der Waals surface area contributed by atoms with Crippen LogP contribution in [0.15, 0.2) is 66.5 Å². The summed E-state index contributed by atoms with van der Waals surface area (Å²) in [5.41, 5.74) is 5.75. The van der Waals surface area contributed by atoms with Gasteiger partial charge in [-0.15, -0.1) is 6.58 Å². The zero-order valence-electron chi connectivity index (χ0n) is 18.4. The first-order valence-electron chi connectivity index (χ1n) is 11.1. The van der Waals surface area contributed by atoms with E-state index in [2.05, 4.69) is 22.1 Å². The van der Waals surface area contributed by atoms with E-state index in [-0.39, 0.29) is 24.1 Å². The number of hydrazone groups is 1. The Labute approximate surface area is 193 Å². The van der Waals surface area contributed by atoms with Gasteiger partial charge < -0.3 is 9.80 Å². The van der Waals surface area contributed by atoms with Gasteiger partial charge in [-0.05, 0) is 23.6 Å². The Hall–Kier alpha value is -3.81. The summed E-state index contributed by atoms with van der Waals surface area (Å²) in [4.78, 5) is 45.7. The van der Waals surface area contributed by atoms with Crippen molar-refractivity contribution in [3.63, 3.8) is 0 Å². The Morgan fingerprint density at radius 1 is 1.15 bits per heavy atom. The van der Waals surface area contributed by atoms with E-state index < -0.39 is 5.92 Å². The van der Waals surface area contributed by atoms with Gasteiger partial charge in [0.2, 0.25) is 11.8 Å². The van der Waals surface area contributed by atoms with Crippen LogP contribution >= 0.6 is 0 Å². The summed E-state index contributed by atoms with van der Waals surface area (Å²) in [7, 11) is 0. The molecule has 0 saturated carbocycles. The summed E-state index contributed by atoms with van der Waals surface area (Å²) in [5, 5.41) is 3.96. The summed E-state index contributed by atoms with van der Waals surface area (Å²) >= 11 is 0. The van der Waals surface area contributed by atoms with E-state index in [1.54, 1.807) is 22.1 Å². The Morgan fingerprint density at radius 2 is 2.00 bits per heavy atom. The molecule has 1 N–H and O–H groups in total. The van der Waals surface area contributed by atoms with Gasteiger partial charge in [0, 0.05) is 57.0 Å². The molecule has 0 unspecified atom stereocenters. The zero-order chi connectivity index (χ0) is 23.2. The maximum atomic E-state index is 13.4. The standard InChI is InChI=1S/C25H27N5O3/c1-2-12-29-13-14-30(25(33)22-9-10-23(31)28-27-22)17-20(24(29)32)15-18-6-3-4-8-21(18)19-7-5-11-26-16-19/h2-8,11,16,20H,1,9-10,12-15,17H2,(H,28,31)/t20-/m0/s1. The molecule has 0 aliphatic carbocycles. The van der Waals surface area contributed by atoms with Gasteiger partial charge in [-0.1, -0.05) is 36.4 Å². The Balaban J connectivity index is 1.61. The van der Waals surface area contributed by atoms with Crippen LogP contribution in [0.1, 0.15) is 18.4 Å². The molecule has 0 spiro atoms. The van der Waals surface area contributed by atoms with Crippen molar-refractivity contribution in [3.05, 3.63) is 67.0 Å². The highest BCUT2D eigenvalue weighted by molar-refractivity contribution is 6.39. The third-order valence-electron chi connectivity index (χ3n) is 5.99. The molecular weight excluding hydrogens is 418 g/mol. The van der Waals surface area contributed by atoms with Crippen LogP contribution in [0.5, 0.6) is 0 Å². The fourth-order valence-corrected chi connectivity index (χ4v) is 4.30. The minimum atomic E-state index is -0.409. The average Bonchev–Trinajstić information content (AvgIpc) is 2.99. The number of benzene rings is 1. The van der Waals surface area contributed by atoms with Crippen molar-refractivity contribution in [2.45, 2.75) is 19.3 Å². The van der Waals surface area contributed by atoms with Crippen LogP contribution < -0.4 is 5.43 Å². The maximum Gasteiger partial charge on any atom is 0.270 e. The molecule has 33 heavy (non-hydrogen) atoms. The number of amides is 3. The minimum absolute atomic E-state index is 0.00470. The highest BCUT2D eigenvalue weighted by Gasteiger charge is 2.34. The largest absolute Gasteiger partial charge is 0.337 e. The van der Waals surface area contributed by atoms with Crippen molar-refractivity contribution < 1.29 is 14.4 Å². The summed E-state index contributed by atoms with van der Waals surface area (Å²) in [5.74, 6) is -0.827. The van der Waals surface area contributed by atoms with Crippen LogP contribution in [0.3, 0.4) is 0 Å². The van der Waals surface area contributed by atoms with Crippen molar-refractivity contribution in [2.24, 2.45) is 11.0 Å². The van der Waals surface area contributed by atoms with Gasteiger partial charge in [-0.25, -0.2) is 5.43 Å². The Bertz CT molecular complexity index is 1080. The van der Waals surface area contributed by atoms with E-state index >= 15 is 0 Å². The molecule has 1 saturated heterocycles. The topological polar surface area (TPSA) is 95.0 Å². The minimum Gasteiger partial charge on any atom is -0.337 e. The fraction of sp³-hybridized carbons (Fsp3) is 0.320. The van der Waals surface area contributed by atoms with E-state index in [0.717, 1.165) is 16.7 Å². The highest BCUT2D eigenvalue weighted by atomic mass is 16.2. The molecule has 8 heteroatoms. The second-order valence-electron chi connectivity index (χ2n) is 8.22. The van der Waals surface area contributed by atoms with Crippen LogP contribution in [0, 0.1) is 5.92 Å². The van der Waals surface area contributed by atoms with Crippen molar-refractivity contribution in [2.75, 3.05) is 26.2 Å². The van der Waals surface area contributed by atoms with Gasteiger partial charge in [-0.2, -0.15) is 5.10 Å². The van der Waals surface area contributed by atoms with Crippen LogP contribution in [0.25, 0.3) is 11.1 Å². The third-order valence-corrected chi connectivity index (χ3v) is 5.99. The molecule has 170 valence electrons. The summed E-state index contributed by atoms with van der Waals surface area (Å²) in [6.07, 6.45) is 6.28. The second kappa shape index (κ2) is 10.2. The molecular formula is C25H27N5O3. The first kappa shape index (κ1) is 22.4. The van der Waals surface area contributed by atoms with Crippen molar-refractivity contribution in [1.29, 1.82) is 0 Å². The average molecular weight is 446 g/mol. The molecule has 1 aromatic carbocycles. The van der Waals surface area contributed by atoms with E-state index in [1.165, 1.54) is 0 Å². The molecule has 3 heterocycles. The fourth-order valence-electron chi connectivity index (χ4n) is 4.30. The lowest BCUT2D eigenvalue weighted by molar-refractivity contribution is -0.134. The van der Waals surface area contributed by atoms with E-state index in [0.29, 0.717) is 44.7 Å². The normalized spacial score (nSPS) is 18.9. The number of nitrogens with zero attached hydrogens (tertiary/aromatic N) is 4. The molecule has 4 rings (SSSR count).